The number of hydrogen-bond donors (Lipinski definition) is 0. The van der Waals surface area contributed by atoms with Crippen LogP contribution in [0.25, 0.3) is 0 Å². The van der Waals surface area contributed by atoms with Gasteiger partial charge >= 0.3 is 5.97 Å². The molecular weight excluding hydrogens is 296 g/mol. The fourth-order valence-corrected chi connectivity index (χ4v) is 9.28. The Hall–Kier alpha value is -0.530. The lowest BCUT2D eigenvalue weighted by Crippen LogP contribution is -1.99. The number of hydrogen-bond acceptors (Lipinski definition) is 2. The molecule has 6 spiro atoms. The van der Waals surface area contributed by atoms with Crippen LogP contribution in [0.15, 0.2) is 0 Å². The van der Waals surface area contributed by atoms with E-state index in [2.05, 4.69) is 0 Å². The van der Waals surface area contributed by atoms with Gasteiger partial charge in [-0.05, 0) is 103 Å². The van der Waals surface area contributed by atoms with E-state index in [0.29, 0.717) is 6.42 Å². The highest BCUT2D eigenvalue weighted by Crippen LogP contribution is 3.17. The average Bonchev–Trinajstić information content (AvgIpc) is 3.35. The van der Waals surface area contributed by atoms with E-state index in [9.17, 15) is 4.79 Å². The molecule has 130 valence electrons. The molecular formula is C22H30O2. The van der Waals surface area contributed by atoms with Crippen LogP contribution in [0.1, 0.15) is 83.5 Å². The molecule has 24 heavy (non-hydrogen) atoms. The first kappa shape index (κ1) is 13.6. The monoisotopic (exact) mass is 326 g/mol. The minimum absolute atomic E-state index is 0.0372. The van der Waals surface area contributed by atoms with Crippen molar-refractivity contribution in [2.24, 2.45) is 38.4 Å². The molecule has 0 aromatic carbocycles. The normalized spacial score (nSPS) is 60.3. The Morgan fingerprint density at radius 2 is 1.67 bits per heavy atom. The third kappa shape index (κ3) is 1.15. The lowest BCUT2D eigenvalue weighted by atomic mass is 10.0. The van der Waals surface area contributed by atoms with E-state index < -0.39 is 0 Å². The summed E-state index contributed by atoms with van der Waals surface area (Å²) >= 11 is 0. The lowest BCUT2D eigenvalue weighted by Gasteiger charge is -2.01. The Kier molecular flexibility index (Phi) is 1.91. The Balaban J connectivity index is 0.934. The van der Waals surface area contributed by atoms with Crippen LogP contribution in [0.3, 0.4) is 0 Å². The third-order valence-corrected chi connectivity index (χ3v) is 10.9. The van der Waals surface area contributed by atoms with Gasteiger partial charge < -0.3 is 4.74 Å². The molecule has 7 aliphatic carbocycles. The predicted octanol–water partition coefficient (Wildman–Crippen LogP) is 4.86. The van der Waals surface area contributed by atoms with Gasteiger partial charge in [0, 0.05) is 6.42 Å². The second-order valence-electron chi connectivity index (χ2n) is 11.2. The molecule has 0 aliphatic heterocycles. The van der Waals surface area contributed by atoms with Crippen molar-refractivity contribution >= 4 is 5.97 Å². The van der Waals surface area contributed by atoms with Crippen molar-refractivity contribution in [2.75, 3.05) is 7.11 Å². The van der Waals surface area contributed by atoms with Crippen molar-refractivity contribution in [3.05, 3.63) is 0 Å². The first-order valence-corrected chi connectivity index (χ1v) is 10.6. The molecule has 7 fully saturated rings. The van der Waals surface area contributed by atoms with Crippen molar-refractivity contribution < 1.29 is 9.53 Å². The Labute approximate surface area is 145 Å². The summed E-state index contributed by atoms with van der Waals surface area (Å²) in [4.78, 5) is 11.2. The Morgan fingerprint density at radius 1 is 0.917 bits per heavy atom. The van der Waals surface area contributed by atoms with Crippen LogP contribution in [-0.4, -0.2) is 13.1 Å². The van der Waals surface area contributed by atoms with Crippen LogP contribution in [0, 0.1) is 38.4 Å². The number of rotatable bonds is 6. The van der Waals surface area contributed by atoms with Gasteiger partial charge in [0.2, 0.25) is 0 Å². The quantitative estimate of drug-likeness (QED) is 0.514. The van der Waals surface area contributed by atoms with Crippen molar-refractivity contribution in [3.8, 4) is 0 Å². The molecule has 7 aliphatic rings. The molecule has 2 heteroatoms. The van der Waals surface area contributed by atoms with Crippen LogP contribution in [0.2, 0.25) is 0 Å². The van der Waals surface area contributed by atoms with Crippen LogP contribution in [-0.2, 0) is 9.53 Å². The summed E-state index contributed by atoms with van der Waals surface area (Å²) in [6.07, 6.45) is 18.6. The lowest BCUT2D eigenvalue weighted by molar-refractivity contribution is -0.140. The highest BCUT2D eigenvalue weighted by molar-refractivity contribution is 5.69. The molecule has 0 heterocycles. The first-order valence-electron chi connectivity index (χ1n) is 10.6. The SMILES string of the molecule is COC(=O)CCCCCC1CC12CC21CC12CC21CC12CC21CC1. The van der Waals surface area contributed by atoms with Crippen molar-refractivity contribution in [3.63, 3.8) is 0 Å². The van der Waals surface area contributed by atoms with Gasteiger partial charge in [0.15, 0.2) is 0 Å². The van der Waals surface area contributed by atoms with Gasteiger partial charge in [0.1, 0.15) is 0 Å². The third-order valence-electron chi connectivity index (χ3n) is 10.9. The number of methoxy groups -OCH3 is 1. The number of fused-ring (bicyclic) bond motifs is 5. The zero-order valence-corrected chi connectivity index (χ0v) is 15.1. The summed E-state index contributed by atoms with van der Waals surface area (Å²) in [7, 11) is 1.50. The molecule has 0 aromatic rings. The van der Waals surface area contributed by atoms with Crippen LogP contribution >= 0.6 is 0 Å². The summed E-state index contributed by atoms with van der Waals surface area (Å²) in [5, 5.41) is 0. The molecule has 7 rings (SSSR count). The Bertz CT molecular complexity index is 694. The van der Waals surface area contributed by atoms with Crippen molar-refractivity contribution in [1.82, 2.24) is 0 Å². The number of carbonyl (C=O) groups is 1. The summed E-state index contributed by atoms with van der Waals surface area (Å²) < 4.78 is 4.73. The smallest absolute Gasteiger partial charge is 0.305 e. The average molecular weight is 326 g/mol. The number of ether oxygens (including phenoxy) is 1. The van der Waals surface area contributed by atoms with Gasteiger partial charge in [0.05, 0.1) is 7.11 Å². The highest BCUT2D eigenvalue weighted by Gasteiger charge is 3.10. The van der Waals surface area contributed by atoms with Crippen LogP contribution in [0.4, 0.5) is 0 Å². The van der Waals surface area contributed by atoms with Gasteiger partial charge in [-0.3, -0.25) is 4.79 Å². The van der Waals surface area contributed by atoms with E-state index in [4.69, 9.17) is 4.74 Å². The molecule has 0 radical (unpaired) electrons. The fourth-order valence-electron chi connectivity index (χ4n) is 9.28. The predicted molar refractivity (Wildman–Crippen MR) is 90.1 cm³/mol. The van der Waals surface area contributed by atoms with E-state index >= 15 is 0 Å². The topological polar surface area (TPSA) is 26.3 Å². The molecule has 0 aromatic heterocycles. The van der Waals surface area contributed by atoms with E-state index in [-0.39, 0.29) is 5.97 Å². The van der Waals surface area contributed by atoms with Gasteiger partial charge in [-0.1, -0.05) is 12.8 Å². The maximum Gasteiger partial charge on any atom is 0.305 e. The largest absolute Gasteiger partial charge is 0.469 e. The first-order chi connectivity index (χ1) is 11.6. The molecule has 6 atom stereocenters. The highest BCUT2D eigenvalue weighted by atomic mass is 16.5. The maximum absolute atomic E-state index is 11.2. The zero-order valence-electron chi connectivity index (χ0n) is 15.1. The number of unbranched alkanes of at least 4 members (excludes halogenated alkanes) is 2. The Morgan fingerprint density at radius 3 is 2.42 bits per heavy atom. The van der Waals surface area contributed by atoms with Crippen LogP contribution in [0.5, 0.6) is 0 Å². The number of esters is 1. The molecule has 0 amide bonds. The minimum Gasteiger partial charge on any atom is -0.469 e. The van der Waals surface area contributed by atoms with E-state index in [1.165, 1.54) is 26.4 Å². The molecule has 7 saturated carbocycles. The molecule has 2 nitrogen and oxygen atoms in total. The van der Waals surface area contributed by atoms with E-state index in [1.807, 2.05) is 0 Å². The fraction of sp³-hybridized carbons (Fsp3) is 0.955. The summed E-state index contributed by atoms with van der Waals surface area (Å²) in [5.74, 6) is 1.03. The maximum atomic E-state index is 11.2. The second-order valence-corrected chi connectivity index (χ2v) is 11.2. The van der Waals surface area contributed by atoms with Gasteiger partial charge in [-0.2, -0.15) is 0 Å². The minimum atomic E-state index is -0.0372. The van der Waals surface area contributed by atoms with Gasteiger partial charge in [-0.15, -0.1) is 0 Å². The molecule has 0 saturated heterocycles. The van der Waals surface area contributed by atoms with Crippen LogP contribution < -0.4 is 0 Å². The van der Waals surface area contributed by atoms with E-state index in [1.54, 1.807) is 51.4 Å². The summed E-state index contributed by atoms with van der Waals surface area (Å²) in [6.45, 7) is 0. The molecule has 0 bridgehead atoms. The van der Waals surface area contributed by atoms with E-state index in [0.717, 1.165) is 44.8 Å². The second kappa shape index (κ2) is 3.37. The molecule has 6 unspecified atom stereocenters. The van der Waals surface area contributed by atoms with Gasteiger partial charge in [0.25, 0.3) is 0 Å². The summed E-state index contributed by atoms with van der Waals surface area (Å²) in [5.41, 5.74) is 5.45. The van der Waals surface area contributed by atoms with Crippen molar-refractivity contribution in [1.29, 1.82) is 0 Å². The van der Waals surface area contributed by atoms with Gasteiger partial charge in [-0.25, -0.2) is 0 Å². The molecule has 0 N–H and O–H groups in total. The van der Waals surface area contributed by atoms with Crippen molar-refractivity contribution in [2.45, 2.75) is 83.5 Å². The standard InChI is InChI=1S/C22H30O2/c1-24-16(23)6-4-2-3-5-15-9-18(15)11-20(18)13-22(20)14-21(22)12-19(21)10-17(19)7-8-17/h15H,2-14H2,1H3. The zero-order chi connectivity index (χ0) is 16.1. The summed E-state index contributed by atoms with van der Waals surface area (Å²) in [6, 6.07) is 0. The number of carbonyl (C=O) groups excluding carboxylic acids is 1.